The molecule has 0 unspecified atom stereocenters. The molecule has 5 rings (SSSR count). The average Bonchev–Trinajstić information content (AvgIpc) is 2.89. The first kappa shape index (κ1) is 23.7. The molecule has 2 aliphatic heterocycles. The Morgan fingerprint density at radius 3 is 2.47 bits per heavy atom. The number of amides is 2. The monoisotopic (exact) mass is 486 g/mol. The van der Waals surface area contributed by atoms with Crippen molar-refractivity contribution in [1.29, 1.82) is 0 Å². The van der Waals surface area contributed by atoms with Gasteiger partial charge in [-0.25, -0.2) is 0 Å². The molecule has 0 aliphatic carbocycles. The predicted octanol–water partition coefficient (Wildman–Crippen LogP) is 4.97. The van der Waals surface area contributed by atoms with Gasteiger partial charge in [-0.3, -0.25) is 9.59 Å². The number of benzene rings is 3. The Labute approximate surface area is 211 Å². The number of hydrogen-bond donors (Lipinski definition) is 1. The fourth-order valence-electron chi connectivity index (χ4n) is 5.27. The summed E-state index contributed by atoms with van der Waals surface area (Å²) in [6.07, 6.45) is 0.677. The molecule has 0 bridgehead atoms. The minimum atomic E-state index is -0.600. The van der Waals surface area contributed by atoms with Gasteiger partial charge in [-0.2, -0.15) is 0 Å². The van der Waals surface area contributed by atoms with E-state index < -0.39 is 12.0 Å². The van der Waals surface area contributed by atoms with Gasteiger partial charge in [0.2, 0.25) is 5.91 Å². The molecule has 186 valence electrons. The van der Waals surface area contributed by atoms with Crippen LogP contribution in [-0.4, -0.2) is 43.6 Å². The number of rotatable bonds is 7. The average molecular weight is 487 g/mol. The standard InChI is InChI=1S/C29H30N2O5/c1-4-35-24-15-18-13-14-31-27(23(18)17-25(24)36-5-2)26(21-11-6-7-12-22(21)29(31)33)28(32)30-19-9-8-10-20(16-19)34-3/h6-12,15-17,26-27H,4-5,13-14H2,1-3H3,(H,30,32)/t26-,27+/m1/s1. The first-order valence-electron chi connectivity index (χ1n) is 12.3. The summed E-state index contributed by atoms with van der Waals surface area (Å²) in [4.78, 5) is 29.3. The zero-order valence-corrected chi connectivity index (χ0v) is 20.7. The fourth-order valence-corrected chi connectivity index (χ4v) is 5.27. The molecular formula is C29H30N2O5. The third-order valence-electron chi connectivity index (χ3n) is 6.80. The van der Waals surface area contributed by atoms with Gasteiger partial charge in [-0.15, -0.1) is 0 Å². The van der Waals surface area contributed by atoms with Crippen molar-refractivity contribution in [3.8, 4) is 17.2 Å². The van der Waals surface area contributed by atoms with Crippen LogP contribution in [0.2, 0.25) is 0 Å². The van der Waals surface area contributed by atoms with Crippen molar-refractivity contribution in [2.24, 2.45) is 0 Å². The van der Waals surface area contributed by atoms with Crippen molar-refractivity contribution >= 4 is 17.5 Å². The van der Waals surface area contributed by atoms with Gasteiger partial charge < -0.3 is 24.4 Å². The van der Waals surface area contributed by atoms with Crippen molar-refractivity contribution in [3.05, 3.63) is 82.9 Å². The van der Waals surface area contributed by atoms with E-state index in [1.807, 2.05) is 67.3 Å². The largest absolute Gasteiger partial charge is 0.497 e. The number of ether oxygens (including phenoxy) is 3. The van der Waals surface area contributed by atoms with Crippen molar-refractivity contribution in [3.63, 3.8) is 0 Å². The maximum atomic E-state index is 13.9. The molecule has 0 radical (unpaired) electrons. The van der Waals surface area contributed by atoms with E-state index in [9.17, 15) is 9.59 Å². The van der Waals surface area contributed by atoms with Gasteiger partial charge in [0.15, 0.2) is 11.5 Å². The van der Waals surface area contributed by atoms with E-state index in [1.54, 1.807) is 19.2 Å². The van der Waals surface area contributed by atoms with Crippen LogP contribution in [0.15, 0.2) is 60.7 Å². The van der Waals surface area contributed by atoms with Gasteiger partial charge in [0.1, 0.15) is 5.75 Å². The van der Waals surface area contributed by atoms with Gasteiger partial charge in [0, 0.05) is 23.9 Å². The molecular weight excluding hydrogens is 456 g/mol. The molecule has 0 aromatic heterocycles. The van der Waals surface area contributed by atoms with Crippen LogP contribution >= 0.6 is 0 Å². The Bertz CT molecular complexity index is 1300. The van der Waals surface area contributed by atoms with Gasteiger partial charge in [0.25, 0.3) is 5.91 Å². The van der Waals surface area contributed by atoms with E-state index >= 15 is 0 Å². The highest BCUT2D eigenvalue weighted by atomic mass is 16.5. The molecule has 2 heterocycles. The van der Waals surface area contributed by atoms with Crippen LogP contribution in [0.25, 0.3) is 0 Å². The SMILES string of the molecule is CCOc1cc2c(cc1OCC)[C@H]1[C@H](C(=O)Nc3cccc(OC)c3)c3ccccc3C(=O)N1CC2. The van der Waals surface area contributed by atoms with Crippen molar-refractivity contribution in [1.82, 2.24) is 4.90 Å². The van der Waals surface area contributed by atoms with Crippen LogP contribution in [0.4, 0.5) is 5.69 Å². The normalized spacial score (nSPS) is 18.0. The third kappa shape index (κ3) is 4.15. The topological polar surface area (TPSA) is 77.1 Å². The van der Waals surface area contributed by atoms with E-state index in [2.05, 4.69) is 5.32 Å². The molecule has 2 amide bonds. The number of nitrogens with one attached hydrogen (secondary N) is 1. The van der Waals surface area contributed by atoms with E-state index in [0.717, 1.165) is 16.7 Å². The Balaban J connectivity index is 1.63. The summed E-state index contributed by atoms with van der Waals surface area (Å²) in [5, 5.41) is 3.06. The highest BCUT2D eigenvalue weighted by Gasteiger charge is 2.46. The number of methoxy groups -OCH3 is 1. The number of fused-ring (bicyclic) bond motifs is 4. The molecule has 0 saturated heterocycles. The lowest BCUT2D eigenvalue weighted by molar-refractivity contribution is -0.119. The quantitative estimate of drug-likeness (QED) is 0.510. The zero-order chi connectivity index (χ0) is 25.2. The van der Waals surface area contributed by atoms with E-state index in [0.29, 0.717) is 54.7 Å². The lowest BCUT2D eigenvalue weighted by Gasteiger charge is -2.45. The minimum Gasteiger partial charge on any atom is -0.497 e. The van der Waals surface area contributed by atoms with E-state index in [-0.39, 0.29) is 11.8 Å². The molecule has 0 spiro atoms. The highest BCUT2D eigenvalue weighted by Crippen LogP contribution is 2.48. The fraction of sp³-hybridized carbons (Fsp3) is 0.310. The lowest BCUT2D eigenvalue weighted by atomic mass is 9.75. The Kier molecular flexibility index (Phi) is 6.55. The van der Waals surface area contributed by atoms with Gasteiger partial charge in [-0.1, -0.05) is 24.3 Å². The summed E-state index contributed by atoms with van der Waals surface area (Å²) < 4.78 is 17.1. The molecule has 0 fully saturated rings. The number of anilines is 1. The molecule has 7 heteroatoms. The van der Waals surface area contributed by atoms with Crippen molar-refractivity contribution in [2.45, 2.75) is 32.2 Å². The molecule has 1 N–H and O–H groups in total. The second-order valence-electron chi connectivity index (χ2n) is 8.84. The van der Waals surface area contributed by atoms with Crippen molar-refractivity contribution in [2.75, 3.05) is 32.2 Å². The zero-order valence-electron chi connectivity index (χ0n) is 20.7. The molecule has 7 nitrogen and oxygen atoms in total. The van der Waals surface area contributed by atoms with Gasteiger partial charge in [-0.05, 0) is 67.3 Å². The maximum absolute atomic E-state index is 13.9. The highest BCUT2D eigenvalue weighted by molar-refractivity contribution is 6.04. The van der Waals surface area contributed by atoms with Crippen LogP contribution in [0.1, 0.15) is 52.9 Å². The summed E-state index contributed by atoms with van der Waals surface area (Å²) in [6, 6.07) is 18.2. The summed E-state index contributed by atoms with van der Waals surface area (Å²) >= 11 is 0. The molecule has 36 heavy (non-hydrogen) atoms. The van der Waals surface area contributed by atoms with Crippen molar-refractivity contribution < 1.29 is 23.8 Å². The van der Waals surface area contributed by atoms with Crippen LogP contribution in [-0.2, 0) is 11.2 Å². The first-order chi connectivity index (χ1) is 17.5. The Morgan fingerprint density at radius 1 is 0.972 bits per heavy atom. The Morgan fingerprint density at radius 2 is 1.72 bits per heavy atom. The molecule has 2 aliphatic rings. The summed E-state index contributed by atoms with van der Waals surface area (Å²) in [6.45, 7) is 5.38. The number of hydrogen-bond acceptors (Lipinski definition) is 5. The maximum Gasteiger partial charge on any atom is 0.254 e. The van der Waals surface area contributed by atoms with Gasteiger partial charge in [0.05, 0.1) is 32.3 Å². The predicted molar refractivity (Wildman–Crippen MR) is 137 cm³/mol. The number of carbonyl (C=O) groups is 2. The summed E-state index contributed by atoms with van der Waals surface area (Å²) in [5.41, 5.74) is 3.91. The second-order valence-corrected chi connectivity index (χ2v) is 8.84. The summed E-state index contributed by atoms with van der Waals surface area (Å²) in [7, 11) is 1.59. The Hall–Kier alpha value is -4.00. The lowest BCUT2D eigenvalue weighted by Crippen LogP contribution is -2.49. The second kappa shape index (κ2) is 9.93. The van der Waals surface area contributed by atoms with Crippen LogP contribution in [0.5, 0.6) is 17.2 Å². The number of nitrogens with zero attached hydrogens (tertiary/aromatic N) is 1. The smallest absolute Gasteiger partial charge is 0.254 e. The summed E-state index contributed by atoms with van der Waals surface area (Å²) in [5.74, 6) is 1.12. The van der Waals surface area contributed by atoms with Crippen LogP contribution in [0.3, 0.4) is 0 Å². The minimum absolute atomic E-state index is 0.0569. The van der Waals surface area contributed by atoms with E-state index in [4.69, 9.17) is 14.2 Å². The third-order valence-corrected chi connectivity index (χ3v) is 6.80. The molecule has 2 atom stereocenters. The van der Waals surface area contributed by atoms with E-state index in [1.165, 1.54) is 0 Å². The molecule has 3 aromatic carbocycles. The number of carbonyl (C=O) groups excluding carboxylic acids is 2. The van der Waals surface area contributed by atoms with Gasteiger partial charge >= 0.3 is 0 Å². The first-order valence-corrected chi connectivity index (χ1v) is 12.3. The molecule has 0 saturated carbocycles. The molecule has 3 aromatic rings. The van der Waals surface area contributed by atoms with Crippen LogP contribution < -0.4 is 19.5 Å². The van der Waals surface area contributed by atoms with Crippen LogP contribution in [0, 0.1) is 0 Å².